The Morgan fingerprint density at radius 2 is 1.69 bits per heavy atom. The number of benzene rings is 1. The van der Waals surface area contributed by atoms with Crippen molar-refractivity contribution in [3.05, 3.63) is 41.2 Å². The van der Waals surface area contributed by atoms with Crippen LogP contribution in [0.3, 0.4) is 0 Å². The number of carbonyl (C=O) groups is 2. The summed E-state index contributed by atoms with van der Waals surface area (Å²) in [5.41, 5.74) is 0.632. The molecule has 0 spiro atoms. The number of hydrogen-bond donors (Lipinski definition) is 0. The highest BCUT2D eigenvalue weighted by atomic mass is 35.5. The summed E-state index contributed by atoms with van der Waals surface area (Å²) in [4.78, 5) is 29.0. The van der Waals surface area contributed by atoms with Crippen LogP contribution in [0.1, 0.15) is 18.4 Å². The summed E-state index contributed by atoms with van der Waals surface area (Å²) in [5, 5.41) is 11.4. The molecule has 9 heteroatoms. The zero-order valence-electron chi connectivity index (χ0n) is 14.2. The van der Waals surface area contributed by atoms with Crippen LogP contribution >= 0.6 is 11.6 Å². The van der Waals surface area contributed by atoms with Gasteiger partial charge in [-0.2, -0.15) is 0 Å². The van der Waals surface area contributed by atoms with Crippen LogP contribution in [-0.2, 0) is 21.5 Å². The topological polar surface area (TPSA) is 84.2 Å². The lowest BCUT2D eigenvalue weighted by Gasteiger charge is -2.36. The summed E-state index contributed by atoms with van der Waals surface area (Å²) in [6.07, 6.45) is 3.15. The number of halogens is 1. The van der Waals surface area contributed by atoms with Gasteiger partial charge in [-0.15, -0.1) is 5.10 Å². The number of carbonyl (C=O) groups excluding carboxylic acids is 2. The third-order valence-electron chi connectivity index (χ3n) is 5.16. The third kappa shape index (κ3) is 3.16. The highest BCUT2D eigenvalue weighted by Crippen LogP contribution is 2.49. The first-order chi connectivity index (χ1) is 12.6. The molecule has 2 aromatic rings. The van der Waals surface area contributed by atoms with Crippen LogP contribution < -0.4 is 0 Å². The molecule has 1 aliphatic carbocycles. The van der Waals surface area contributed by atoms with Crippen LogP contribution in [0.15, 0.2) is 30.6 Å². The molecule has 1 saturated carbocycles. The molecule has 4 rings (SSSR count). The summed E-state index contributed by atoms with van der Waals surface area (Å²) in [6, 6.07) is 7.55. The van der Waals surface area contributed by atoms with Gasteiger partial charge in [0, 0.05) is 31.2 Å². The number of nitrogens with zero attached hydrogens (tertiary/aromatic N) is 6. The lowest BCUT2D eigenvalue weighted by atomic mass is 9.94. The molecule has 2 amide bonds. The maximum absolute atomic E-state index is 13.1. The minimum Gasteiger partial charge on any atom is -0.338 e. The highest BCUT2D eigenvalue weighted by molar-refractivity contribution is 6.30. The summed E-state index contributed by atoms with van der Waals surface area (Å²) in [5.74, 6) is 0.121. The molecule has 1 aromatic heterocycles. The summed E-state index contributed by atoms with van der Waals surface area (Å²) < 4.78 is 1.40. The van der Waals surface area contributed by atoms with Gasteiger partial charge in [0.1, 0.15) is 12.9 Å². The van der Waals surface area contributed by atoms with E-state index in [9.17, 15) is 9.59 Å². The van der Waals surface area contributed by atoms with Gasteiger partial charge in [0.2, 0.25) is 11.8 Å². The second-order valence-electron chi connectivity index (χ2n) is 6.77. The fourth-order valence-corrected chi connectivity index (χ4v) is 3.60. The van der Waals surface area contributed by atoms with E-state index >= 15 is 0 Å². The first kappa shape index (κ1) is 17.0. The fraction of sp³-hybridized carbons (Fsp3) is 0.471. The zero-order chi connectivity index (χ0) is 18.1. The van der Waals surface area contributed by atoms with Crippen molar-refractivity contribution in [2.75, 3.05) is 26.2 Å². The summed E-state index contributed by atoms with van der Waals surface area (Å²) >= 11 is 5.96. The predicted molar refractivity (Wildman–Crippen MR) is 93.3 cm³/mol. The van der Waals surface area contributed by atoms with Crippen LogP contribution in [0.25, 0.3) is 0 Å². The predicted octanol–water partition coefficient (Wildman–Crippen LogP) is 0.729. The molecule has 1 aromatic carbocycles. The highest BCUT2D eigenvalue weighted by Gasteiger charge is 2.53. The van der Waals surface area contributed by atoms with Crippen molar-refractivity contribution < 1.29 is 9.59 Å². The number of rotatable bonds is 4. The normalized spacial score (nSPS) is 18.7. The smallest absolute Gasteiger partial charge is 0.244 e. The standard InChI is InChI=1S/C17H19ClN6O2/c18-14-3-1-13(2-4-14)17(5-6-17)16(26)23-9-7-22(8-10-23)15(25)11-24-12-19-20-21-24/h1-4,12H,5-11H2. The van der Waals surface area contributed by atoms with Crippen molar-refractivity contribution in [3.8, 4) is 0 Å². The molecule has 8 nitrogen and oxygen atoms in total. The molecule has 0 bridgehead atoms. The average molecular weight is 375 g/mol. The fourth-order valence-electron chi connectivity index (χ4n) is 3.47. The third-order valence-corrected chi connectivity index (χ3v) is 5.42. The molecule has 2 heterocycles. The van der Waals surface area contributed by atoms with Crippen molar-refractivity contribution in [1.82, 2.24) is 30.0 Å². The van der Waals surface area contributed by atoms with Gasteiger partial charge < -0.3 is 9.80 Å². The van der Waals surface area contributed by atoms with Crippen LogP contribution in [-0.4, -0.2) is 68.0 Å². The van der Waals surface area contributed by atoms with Crippen molar-refractivity contribution in [3.63, 3.8) is 0 Å². The van der Waals surface area contributed by atoms with Crippen LogP contribution in [0.4, 0.5) is 0 Å². The largest absolute Gasteiger partial charge is 0.338 e. The van der Waals surface area contributed by atoms with Crippen molar-refractivity contribution in [2.45, 2.75) is 24.8 Å². The van der Waals surface area contributed by atoms with Gasteiger partial charge in [-0.1, -0.05) is 23.7 Å². The Hall–Kier alpha value is -2.48. The Balaban J connectivity index is 1.36. The van der Waals surface area contributed by atoms with E-state index in [-0.39, 0.29) is 18.4 Å². The maximum atomic E-state index is 13.1. The van der Waals surface area contributed by atoms with Gasteiger partial charge in [-0.3, -0.25) is 9.59 Å². The van der Waals surface area contributed by atoms with Crippen LogP contribution in [0.5, 0.6) is 0 Å². The van der Waals surface area contributed by atoms with Gasteiger partial charge in [0.25, 0.3) is 0 Å². The molecule has 1 saturated heterocycles. The number of amides is 2. The van der Waals surface area contributed by atoms with Crippen LogP contribution in [0.2, 0.25) is 5.02 Å². The summed E-state index contributed by atoms with van der Waals surface area (Å²) in [7, 11) is 0. The Labute approximate surface area is 155 Å². The first-order valence-electron chi connectivity index (χ1n) is 8.62. The molecule has 26 heavy (non-hydrogen) atoms. The van der Waals surface area contributed by atoms with E-state index in [1.54, 1.807) is 4.90 Å². The Kier molecular flexibility index (Phi) is 4.36. The number of aromatic nitrogens is 4. The van der Waals surface area contributed by atoms with E-state index in [0.29, 0.717) is 31.2 Å². The van der Waals surface area contributed by atoms with E-state index in [4.69, 9.17) is 11.6 Å². The Morgan fingerprint density at radius 1 is 1.04 bits per heavy atom. The number of piperazine rings is 1. The van der Waals surface area contributed by atoms with E-state index in [0.717, 1.165) is 18.4 Å². The molecule has 136 valence electrons. The monoisotopic (exact) mass is 374 g/mol. The van der Waals surface area contributed by atoms with E-state index in [1.165, 1.54) is 11.0 Å². The van der Waals surface area contributed by atoms with E-state index in [2.05, 4.69) is 15.5 Å². The molecule has 0 atom stereocenters. The average Bonchev–Trinajstić information content (AvgIpc) is 3.32. The molecule has 2 aliphatic rings. The molecule has 2 fully saturated rings. The SMILES string of the molecule is O=C(Cn1cnnn1)N1CCN(C(=O)C2(c3ccc(Cl)cc3)CC2)CC1. The lowest BCUT2D eigenvalue weighted by Crippen LogP contribution is -2.53. The first-order valence-corrected chi connectivity index (χ1v) is 9.00. The second-order valence-corrected chi connectivity index (χ2v) is 7.21. The Bertz CT molecular complexity index is 795. The number of hydrogen-bond acceptors (Lipinski definition) is 5. The molecule has 1 aliphatic heterocycles. The second kappa shape index (κ2) is 6.68. The van der Waals surface area contributed by atoms with Gasteiger partial charge in [-0.25, -0.2) is 4.68 Å². The van der Waals surface area contributed by atoms with Gasteiger partial charge >= 0.3 is 0 Å². The minimum absolute atomic E-state index is 0.0387. The molecular formula is C17H19ClN6O2. The Morgan fingerprint density at radius 3 is 2.27 bits per heavy atom. The quantitative estimate of drug-likeness (QED) is 0.787. The van der Waals surface area contributed by atoms with E-state index < -0.39 is 5.41 Å². The van der Waals surface area contributed by atoms with Crippen molar-refractivity contribution in [2.24, 2.45) is 0 Å². The van der Waals surface area contributed by atoms with Crippen LogP contribution in [0, 0.1) is 0 Å². The lowest BCUT2D eigenvalue weighted by molar-refractivity contribution is -0.141. The van der Waals surface area contributed by atoms with Gasteiger partial charge in [0.05, 0.1) is 5.41 Å². The summed E-state index contributed by atoms with van der Waals surface area (Å²) in [6.45, 7) is 2.29. The molecule has 0 radical (unpaired) electrons. The maximum Gasteiger partial charge on any atom is 0.244 e. The van der Waals surface area contributed by atoms with E-state index in [1.807, 2.05) is 29.2 Å². The van der Waals surface area contributed by atoms with Crippen molar-refractivity contribution in [1.29, 1.82) is 0 Å². The number of tetrazole rings is 1. The zero-order valence-corrected chi connectivity index (χ0v) is 15.0. The molecular weight excluding hydrogens is 356 g/mol. The van der Waals surface area contributed by atoms with Gasteiger partial charge in [0.15, 0.2) is 0 Å². The van der Waals surface area contributed by atoms with Crippen molar-refractivity contribution >= 4 is 23.4 Å². The molecule has 0 N–H and O–H groups in total. The molecule has 0 unspecified atom stereocenters. The minimum atomic E-state index is -0.400. The van der Waals surface area contributed by atoms with Gasteiger partial charge in [-0.05, 0) is 41.0 Å².